The number of nitrogens with one attached hydrogen (secondary N) is 1. The molecule has 2 aromatic carbocycles. The minimum Gasteiger partial charge on any atom is -0.399 e. The number of fused-ring (bicyclic) bond motifs is 2. The van der Waals surface area contributed by atoms with Crippen molar-refractivity contribution in [1.82, 2.24) is 19.9 Å². The van der Waals surface area contributed by atoms with Gasteiger partial charge in [-0.2, -0.15) is 0 Å². The van der Waals surface area contributed by atoms with Gasteiger partial charge in [-0.1, -0.05) is 0 Å². The topological polar surface area (TPSA) is 100 Å². The Labute approximate surface area is 163 Å². The number of aromatic nitrogens is 3. The van der Waals surface area contributed by atoms with E-state index in [1.165, 1.54) is 5.69 Å². The van der Waals surface area contributed by atoms with Crippen LogP contribution in [0.4, 0.5) is 17.1 Å². The predicted molar refractivity (Wildman–Crippen MR) is 115 cm³/mol. The summed E-state index contributed by atoms with van der Waals surface area (Å²) in [7, 11) is 2.16. The fraction of sp³-hybridized carbons (Fsp3) is 0.238. The lowest BCUT2D eigenvalue weighted by atomic mass is 10.1. The number of likely N-dealkylation sites (N-methyl/N-ethyl adjacent to an activating group) is 1. The van der Waals surface area contributed by atoms with Gasteiger partial charge in [-0.25, -0.2) is 4.98 Å². The first-order chi connectivity index (χ1) is 13.6. The lowest BCUT2D eigenvalue weighted by molar-refractivity contribution is 0.313. The molecule has 0 atom stereocenters. The molecule has 3 heterocycles. The summed E-state index contributed by atoms with van der Waals surface area (Å²) in [5, 5.41) is 0.844. The van der Waals surface area contributed by atoms with Crippen LogP contribution in [0.2, 0.25) is 0 Å². The molecule has 0 saturated carbocycles. The predicted octanol–water partition coefficient (Wildman–Crippen LogP) is 2.69. The number of benzene rings is 2. The van der Waals surface area contributed by atoms with E-state index in [0.717, 1.165) is 59.5 Å². The largest absolute Gasteiger partial charge is 0.399 e. The van der Waals surface area contributed by atoms with Crippen LogP contribution in [-0.4, -0.2) is 53.1 Å². The third kappa shape index (κ3) is 2.80. The van der Waals surface area contributed by atoms with Gasteiger partial charge < -0.3 is 26.3 Å². The molecule has 7 nitrogen and oxygen atoms in total. The highest BCUT2D eigenvalue weighted by molar-refractivity contribution is 5.99. The van der Waals surface area contributed by atoms with Crippen LogP contribution in [0.5, 0.6) is 0 Å². The highest BCUT2D eigenvalue weighted by Gasteiger charge is 2.16. The summed E-state index contributed by atoms with van der Waals surface area (Å²) < 4.78 is 0. The van der Waals surface area contributed by atoms with Gasteiger partial charge in [0.1, 0.15) is 5.82 Å². The number of piperazine rings is 1. The van der Waals surface area contributed by atoms with Gasteiger partial charge in [0, 0.05) is 49.1 Å². The molecule has 0 unspecified atom stereocenters. The Morgan fingerprint density at radius 1 is 0.964 bits per heavy atom. The minimum absolute atomic E-state index is 0.635. The van der Waals surface area contributed by atoms with Gasteiger partial charge >= 0.3 is 0 Å². The van der Waals surface area contributed by atoms with Gasteiger partial charge in [-0.3, -0.25) is 4.98 Å². The van der Waals surface area contributed by atoms with Crippen LogP contribution in [-0.2, 0) is 0 Å². The second-order valence-electron chi connectivity index (χ2n) is 7.44. The fourth-order valence-corrected chi connectivity index (χ4v) is 3.81. The van der Waals surface area contributed by atoms with Crippen LogP contribution in [0, 0.1) is 0 Å². The number of nitrogens with two attached hydrogens (primary N) is 2. The van der Waals surface area contributed by atoms with E-state index in [0.29, 0.717) is 11.4 Å². The maximum Gasteiger partial charge on any atom is 0.142 e. The summed E-state index contributed by atoms with van der Waals surface area (Å²) in [5.74, 6) is 0.722. The van der Waals surface area contributed by atoms with Gasteiger partial charge in [0.05, 0.1) is 27.8 Å². The number of hydrogen-bond acceptors (Lipinski definition) is 6. The molecule has 1 aliphatic heterocycles. The van der Waals surface area contributed by atoms with Crippen LogP contribution in [0.15, 0.2) is 42.6 Å². The van der Waals surface area contributed by atoms with Crippen LogP contribution < -0.4 is 16.4 Å². The second kappa shape index (κ2) is 6.38. The van der Waals surface area contributed by atoms with Crippen molar-refractivity contribution in [2.45, 2.75) is 0 Å². The Morgan fingerprint density at radius 3 is 2.57 bits per heavy atom. The zero-order valence-corrected chi connectivity index (χ0v) is 15.8. The lowest BCUT2D eigenvalue weighted by Crippen LogP contribution is -2.44. The zero-order valence-electron chi connectivity index (χ0n) is 15.8. The van der Waals surface area contributed by atoms with Gasteiger partial charge in [0.15, 0.2) is 0 Å². The van der Waals surface area contributed by atoms with E-state index in [1.807, 2.05) is 18.2 Å². The molecule has 1 fully saturated rings. The van der Waals surface area contributed by atoms with Crippen molar-refractivity contribution in [3.63, 3.8) is 0 Å². The summed E-state index contributed by atoms with van der Waals surface area (Å²) in [6.07, 6.45) is 1.77. The zero-order chi connectivity index (χ0) is 19.3. The average molecular weight is 373 g/mol. The van der Waals surface area contributed by atoms with Crippen LogP contribution in [0.3, 0.4) is 0 Å². The van der Waals surface area contributed by atoms with Crippen LogP contribution >= 0.6 is 0 Å². The number of nitrogens with zero attached hydrogens (tertiary/aromatic N) is 4. The fourth-order valence-electron chi connectivity index (χ4n) is 3.81. The Hall–Kier alpha value is -3.32. The molecule has 7 heteroatoms. The third-order valence-corrected chi connectivity index (χ3v) is 5.52. The number of rotatable bonds is 2. The third-order valence-electron chi connectivity index (χ3n) is 5.52. The quantitative estimate of drug-likeness (QED) is 0.467. The molecule has 2 aromatic heterocycles. The molecule has 0 radical (unpaired) electrons. The van der Waals surface area contributed by atoms with Crippen LogP contribution in [0.25, 0.3) is 33.3 Å². The van der Waals surface area contributed by atoms with Gasteiger partial charge in [0.25, 0.3) is 0 Å². The molecule has 142 valence electrons. The summed E-state index contributed by atoms with van der Waals surface area (Å²) in [6, 6.07) is 11.9. The summed E-state index contributed by atoms with van der Waals surface area (Å²) in [5.41, 5.74) is 18.4. The maximum absolute atomic E-state index is 6.43. The SMILES string of the molecule is CN1CCN(c2ccc3nc(-c4cnc5ccc(N)cc5c4N)[nH]c3c2)CC1. The monoisotopic (exact) mass is 373 g/mol. The highest BCUT2D eigenvalue weighted by atomic mass is 15.2. The number of aromatic amines is 1. The summed E-state index contributed by atoms with van der Waals surface area (Å²) in [4.78, 5) is 17.4. The Kier molecular flexibility index (Phi) is 3.84. The van der Waals surface area contributed by atoms with E-state index in [2.05, 4.69) is 45.0 Å². The number of nitrogen functional groups attached to an aromatic ring is 2. The van der Waals surface area contributed by atoms with E-state index >= 15 is 0 Å². The molecule has 0 bridgehead atoms. The van der Waals surface area contributed by atoms with E-state index in [-0.39, 0.29) is 0 Å². The van der Waals surface area contributed by atoms with Gasteiger partial charge in [0.2, 0.25) is 0 Å². The molecule has 0 aliphatic carbocycles. The van der Waals surface area contributed by atoms with Crippen LogP contribution in [0.1, 0.15) is 0 Å². The minimum atomic E-state index is 0.635. The standard InChI is InChI=1S/C21H23N7/c1-27-6-8-28(9-7-27)14-3-5-18-19(11-14)26-21(25-18)16-12-24-17-4-2-13(22)10-15(17)20(16)23/h2-5,10-12H,6-9,22H2,1H3,(H2,23,24)(H,25,26). The smallest absolute Gasteiger partial charge is 0.142 e. The number of hydrogen-bond donors (Lipinski definition) is 3. The van der Waals surface area contributed by atoms with E-state index in [1.54, 1.807) is 6.20 Å². The number of imidazole rings is 1. The lowest BCUT2D eigenvalue weighted by Gasteiger charge is -2.34. The van der Waals surface area contributed by atoms with Crippen molar-refractivity contribution in [2.24, 2.45) is 0 Å². The first kappa shape index (κ1) is 16.8. The van der Waals surface area contributed by atoms with Crippen molar-refractivity contribution >= 4 is 39.0 Å². The molecular weight excluding hydrogens is 350 g/mol. The molecule has 0 spiro atoms. The first-order valence-corrected chi connectivity index (χ1v) is 9.46. The molecule has 28 heavy (non-hydrogen) atoms. The Bertz CT molecular complexity index is 1170. The highest BCUT2D eigenvalue weighted by Crippen LogP contribution is 2.32. The molecular formula is C21H23N7. The normalized spacial score (nSPS) is 15.5. The van der Waals surface area contributed by atoms with E-state index in [4.69, 9.17) is 16.5 Å². The molecule has 1 saturated heterocycles. The molecule has 1 aliphatic rings. The maximum atomic E-state index is 6.43. The first-order valence-electron chi connectivity index (χ1n) is 9.46. The molecule has 5 rings (SSSR count). The van der Waals surface area contributed by atoms with Crippen molar-refractivity contribution < 1.29 is 0 Å². The van der Waals surface area contributed by atoms with Crippen molar-refractivity contribution in [2.75, 3.05) is 49.6 Å². The second-order valence-corrected chi connectivity index (χ2v) is 7.44. The molecule has 0 amide bonds. The van der Waals surface area contributed by atoms with E-state index < -0.39 is 0 Å². The van der Waals surface area contributed by atoms with Crippen molar-refractivity contribution in [1.29, 1.82) is 0 Å². The summed E-state index contributed by atoms with van der Waals surface area (Å²) >= 11 is 0. The van der Waals surface area contributed by atoms with Gasteiger partial charge in [-0.15, -0.1) is 0 Å². The molecule has 4 aromatic rings. The average Bonchev–Trinajstić information content (AvgIpc) is 3.12. The molecule has 5 N–H and O–H groups in total. The Balaban J connectivity index is 1.55. The number of anilines is 3. The number of pyridine rings is 1. The van der Waals surface area contributed by atoms with Crippen molar-refractivity contribution in [3.05, 3.63) is 42.6 Å². The van der Waals surface area contributed by atoms with Crippen molar-refractivity contribution in [3.8, 4) is 11.4 Å². The Morgan fingerprint density at radius 2 is 1.75 bits per heavy atom. The van der Waals surface area contributed by atoms with Gasteiger partial charge in [-0.05, 0) is 43.4 Å². The number of H-pyrrole nitrogens is 1. The summed E-state index contributed by atoms with van der Waals surface area (Å²) in [6.45, 7) is 4.22. The van der Waals surface area contributed by atoms with E-state index in [9.17, 15) is 0 Å².